The van der Waals surface area contributed by atoms with Crippen LogP contribution in [0.3, 0.4) is 0 Å². The Labute approximate surface area is 63.8 Å². The molecule has 0 aromatic heterocycles. The van der Waals surface area contributed by atoms with Gasteiger partial charge in [0.1, 0.15) is 5.78 Å². The van der Waals surface area contributed by atoms with E-state index in [1.54, 1.807) is 0 Å². The molecule has 0 saturated heterocycles. The Morgan fingerprint density at radius 1 is 1.70 bits per heavy atom. The van der Waals surface area contributed by atoms with E-state index < -0.39 is 0 Å². The van der Waals surface area contributed by atoms with Gasteiger partial charge in [-0.05, 0) is 26.2 Å². The first-order valence-electron chi connectivity index (χ1n) is 3.68. The fraction of sp³-hybridized carbons (Fsp3) is 0.857. The summed E-state index contributed by atoms with van der Waals surface area (Å²) in [5.41, 5.74) is 0. The van der Waals surface area contributed by atoms with Crippen LogP contribution in [-0.2, 0) is 4.79 Å². The summed E-state index contributed by atoms with van der Waals surface area (Å²) >= 11 is 0. The summed E-state index contributed by atoms with van der Waals surface area (Å²) in [7, 11) is 5.16. The molecular weight excluding hydrogens is 125 g/mol. The van der Waals surface area contributed by atoms with E-state index in [0.717, 1.165) is 13.0 Å². The van der Waals surface area contributed by atoms with E-state index >= 15 is 0 Å². The minimum Gasteiger partial charge on any atom is -0.308 e. The molecule has 0 aromatic rings. The highest BCUT2D eigenvalue weighted by Crippen LogP contribution is 1.88. The fourth-order valence-corrected chi connectivity index (χ4v) is 0.651. The maximum atomic E-state index is 10.8. The van der Waals surface area contributed by atoms with Crippen LogP contribution in [0, 0.1) is 0 Å². The predicted molar refractivity (Wildman–Crippen MR) is 43.3 cm³/mol. The molecule has 2 nitrogen and oxygen atoms in total. The van der Waals surface area contributed by atoms with Gasteiger partial charge in [-0.1, -0.05) is 6.92 Å². The van der Waals surface area contributed by atoms with E-state index in [4.69, 9.17) is 7.85 Å². The average molecular weight is 139 g/mol. The number of rotatable bonds is 5. The van der Waals surface area contributed by atoms with Gasteiger partial charge < -0.3 is 5.32 Å². The second-order valence-electron chi connectivity index (χ2n) is 2.35. The molecule has 0 fully saturated rings. The third kappa shape index (κ3) is 3.67. The van der Waals surface area contributed by atoms with Gasteiger partial charge in [-0.25, -0.2) is 0 Å². The second-order valence-corrected chi connectivity index (χ2v) is 2.35. The van der Waals surface area contributed by atoms with Crippen molar-refractivity contribution in [3.63, 3.8) is 0 Å². The topological polar surface area (TPSA) is 29.1 Å². The van der Waals surface area contributed by atoms with Gasteiger partial charge >= 0.3 is 0 Å². The number of Topliss-reactive ketones (excluding diaryl/α,β-unsaturated/α-hetero) is 1. The van der Waals surface area contributed by atoms with Crippen molar-refractivity contribution < 1.29 is 4.79 Å². The van der Waals surface area contributed by atoms with Crippen LogP contribution in [0.25, 0.3) is 0 Å². The van der Waals surface area contributed by atoms with Gasteiger partial charge in [0.2, 0.25) is 0 Å². The molecule has 0 aliphatic heterocycles. The molecule has 1 unspecified atom stereocenters. The number of nitrogens with one attached hydrogen (secondary N) is 1. The molecule has 0 bridgehead atoms. The quantitative estimate of drug-likeness (QED) is 0.563. The monoisotopic (exact) mass is 139 g/mol. The van der Waals surface area contributed by atoms with E-state index in [-0.39, 0.29) is 18.1 Å². The molecule has 2 radical (unpaired) electrons. The third-order valence-electron chi connectivity index (χ3n) is 1.38. The zero-order valence-electron chi connectivity index (χ0n) is 6.68. The Morgan fingerprint density at radius 3 is 2.70 bits per heavy atom. The first kappa shape index (κ1) is 9.69. The van der Waals surface area contributed by atoms with Crippen molar-refractivity contribution in [1.29, 1.82) is 0 Å². The fourth-order valence-electron chi connectivity index (χ4n) is 0.651. The van der Waals surface area contributed by atoms with Crippen molar-refractivity contribution in [3.05, 3.63) is 0 Å². The second kappa shape index (κ2) is 5.48. The first-order valence-corrected chi connectivity index (χ1v) is 3.68. The van der Waals surface area contributed by atoms with E-state index in [9.17, 15) is 4.79 Å². The Hall–Kier alpha value is -0.305. The molecule has 0 heterocycles. The highest BCUT2D eigenvalue weighted by molar-refractivity contribution is 6.21. The van der Waals surface area contributed by atoms with Gasteiger partial charge in [-0.2, -0.15) is 0 Å². The zero-order valence-corrected chi connectivity index (χ0v) is 6.68. The standard InChI is InChI=1S/C7H14BNO/c1-3-4-9-6(2)7(10)5-8/h6,9H,3-5H2,1-2H3. The van der Waals surface area contributed by atoms with Crippen LogP contribution in [0.5, 0.6) is 0 Å². The summed E-state index contributed by atoms with van der Waals surface area (Å²) in [6, 6.07) is -0.0788. The van der Waals surface area contributed by atoms with E-state index in [0.29, 0.717) is 0 Å². The Bertz CT molecular complexity index is 106. The van der Waals surface area contributed by atoms with Crippen LogP contribution in [0.4, 0.5) is 0 Å². The molecule has 1 N–H and O–H groups in total. The molecule has 0 aliphatic rings. The van der Waals surface area contributed by atoms with Crippen molar-refractivity contribution in [1.82, 2.24) is 5.32 Å². The highest BCUT2D eigenvalue weighted by Gasteiger charge is 2.07. The molecule has 0 spiro atoms. The number of carbonyl (C=O) groups excluding carboxylic acids is 1. The van der Waals surface area contributed by atoms with Gasteiger partial charge in [0.15, 0.2) is 0 Å². The number of hydrogen-bond donors (Lipinski definition) is 1. The van der Waals surface area contributed by atoms with Crippen LogP contribution >= 0.6 is 0 Å². The normalized spacial score (nSPS) is 13.0. The van der Waals surface area contributed by atoms with Crippen molar-refractivity contribution in [2.24, 2.45) is 0 Å². The van der Waals surface area contributed by atoms with E-state index in [2.05, 4.69) is 12.2 Å². The first-order chi connectivity index (χ1) is 4.72. The largest absolute Gasteiger partial charge is 0.308 e. The Morgan fingerprint density at radius 2 is 2.30 bits per heavy atom. The molecule has 0 rings (SSSR count). The van der Waals surface area contributed by atoms with Gasteiger partial charge in [0, 0.05) is 0 Å². The molecule has 10 heavy (non-hydrogen) atoms. The Balaban J connectivity index is 3.41. The molecular formula is C7H14BNO. The van der Waals surface area contributed by atoms with Crippen molar-refractivity contribution in [2.75, 3.05) is 6.54 Å². The van der Waals surface area contributed by atoms with E-state index in [1.165, 1.54) is 0 Å². The summed E-state index contributed by atoms with van der Waals surface area (Å²) in [5, 5.41) is 3.05. The lowest BCUT2D eigenvalue weighted by Crippen LogP contribution is -2.33. The van der Waals surface area contributed by atoms with Crippen molar-refractivity contribution in [3.8, 4) is 0 Å². The summed E-state index contributed by atoms with van der Waals surface area (Å²) in [5.74, 6) is 0.0773. The molecule has 0 aliphatic carbocycles. The van der Waals surface area contributed by atoms with Crippen LogP contribution in [0.15, 0.2) is 0 Å². The SMILES string of the molecule is [B]CC(=O)C(C)NCCC. The number of ketones is 1. The third-order valence-corrected chi connectivity index (χ3v) is 1.38. The maximum Gasteiger partial charge on any atom is 0.140 e. The summed E-state index contributed by atoms with van der Waals surface area (Å²) < 4.78 is 0. The smallest absolute Gasteiger partial charge is 0.140 e. The number of hydrogen-bond acceptors (Lipinski definition) is 2. The van der Waals surface area contributed by atoms with Crippen molar-refractivity contribution >= 4 is 13.6 Å². The molecule has 0 amide bonds. The minimum absolute atomic E-state index is 0.0773. The summed E-state index contributed by atoms with van der Waals surface area (Å²) in [4.78, 5) is 10.8. The van der Waals surface area contributed by atoms with Crippen LogP contribution in [0.1, 0.15) is 20.3 Å². The summed E-state index contributed by atoms with van der Waals surface area (Å²) in [6.45, 7) is 4.78. The van der Waals surface area contributed by atoms with Crippen molar-refractivity contribution in [2.45, 2.75) is 32.6 Å². The van der Waals surface area contributed by atoms with Crippen LogP contribution in [0.2, 0.25) is 6.32 Å². The zero-order chi connectivity index (χ0) is 7.98. The summed E-state index contributed by atoms with van der Waals surface area (Å²) in [6.07, 6.45) is 1.18. The lowest BCUT2D eigenvalue weighted by atomic mass is 9.97. The Kier molecular flexibility index (Phi) is 5.31. The molecule has 0 aromatic carbocycles. The lowest BCUT2D eigenvalue weighted by molar-refractivity contribution is -0.118. The van der Waals surface area contributed by atoms with Gasteiger partial charge in [-0.3, -0.25) is 4.79 Å². The van der Waals surface area contributed by atoms with Gasteiger partial charge in [0.05, 0.1) is 13.9 Å². The van der Waals surface area contributed by atoms with Crippen LogP contribution < -0.4 is 5.32 Å². The average Bonchev–Trinajstić information content (AvgIpc) is 1.98. The van der Waals surface area contributed by atoms with E-state index in [1.807, 2.05) is 6.92 Å². The van der Waals surface area contributed by atoms with Gasteiger partial charge in [0.25, 0.3) is 0 Å². The predicted octanol–water partition coefficient (Wildman–Crippen LogP) is 0.530. The molecule has 56 valence electrons. The van der Waals surface area contributed by atoms with Crippen LogP contribution in [-0.4, -0.2) is 26.2 Å². The molecule has 0 saturated carbocycles. The maximum absolute atomic E-state index is 10.8. The minimum atomic E-state index is -0.0788. The molecule has 1 atom stereocenters. The highest BCUT2D eigenvalue weighted by atomic mass is 16.1. The van der Waals surface area contributed by atoms with Gasteiger partial charge in [-0.15, -0.1) is 0 Å². The lowest BCUT2D eigenvalue weighted by Gasteiger charge is -2.09. The molecule has 3 heteroatoms. The number of carbonyl (C=O) groups is 1.